The fourth-order valence-corrected chi connectivity index (χ4v) is 6.14. The summed E-state index contributed by atoms with van der Waals surface area (Å²) in [6.07, 6.45) is 0.407. The zero-order valence-electron chi connectivity index (χ0n) is 33.1. The van der Waals surface area contributed by atoms with Crippen molar-refractivity contribution < 1.29 is 43.0 Å². The number of rotatable bonds is 13. The van der Waals surface area contributed by atoms with E-state index in [2.05, 4.69) is 32.7 Å². The van der Waals surface area contributed by atoms with Gasteiger partial charge in [0.2, 0.25) is 35.4 Å². The molecule has 2 aliphatic heterocycles. The van der Waals surface area contributed by atoms with Gasteiger partial charge >= 0.3 is 0 Å². The van der Waals surface area contributed by atoms with E-state index in [0.29, 0.717) is 40.5 Å². The molecule has 4 bridgehead atoms. The highest BCUT2D eigenvalue weighted by atomic mass is 16.5. The third-order valence-corrected chi connectivity index (χ3v) is 9.56. The first-order valence-corrected chi connectivity index (χ1v) is 18.4. The van der Waals surface area contributed by atoms with E-state index in [0.717, 1.165) is 5.56 Å². The number of nitriles is 1. The van der Waals surface area contributed by atoms with Crippen LogP contribution in [0.5, 0.6) is 23.0 Å². The number of methoxy groups -OCH3 is 2. The van der Waals surface area contributed by atoms with Crippen molar-refractivity contribution in [2.75, 3.05) is 28.3 Å². The van der Waals surface area contributed by atoms with Crippen molar-refractivity contribution in [1.82, 2.24) is 31.5 Å². The molecular weight excluding hydrogens is 734 g/mol. The Morgan fingerprint density at radius 2 is 1.53 bits per heavy atom. The molecule has 0 unspecified atom stereocenters. The van der Waals surface area contributed by atoms with Crippen LogP contribution in [0.3, 0.4) is 0 Å². The number of likely N-dealkylation sites (N-methyl/N-ethyl adjacent to an activating group) is 2. The van der Waals surface area contributed by atoms with E-state index in [4.69, 9.17) is 14.2 Å². The molecule has 0 aliphatic carbocycles. The summed E-state index contributed by atoms with van der Waals surface area (Å²) in [4.78, 5) is 80.9. The number of benzene rings is 3. The molecule has 0 saturated heterocycles. The number of nitrogens with one attached hydrogen (secondary N) is 5. The largest absolute Gasteiger partial charge is 0.497 e. The zero-order chi connectivity index (χ0) is 41.8. The Labute approximate surface area is 331 Å². The minimum Gasteiger partial charge on any atom is -0.497 e. The standard InChI is InChI=1S/C41H49N7O9/c1-23(37(50)43-4)45-40(53)33(18-27-10-13-30(55-6)14-11-27)48(5)41(54)25(3)46-38(51)24(2)44-39(52)32-19-28-20-35(34(56-7)21-29(28)22-42)57-31-15-8-26(9-16-31)12-17-36(49)47-32/h8-11,13-16,20-21,23-25,32-33H,12,17-19H2,1-7H3,(H,43,50)(H,44,52)(H,45,53)(H,46,51)(H,47,49)/t23-,24+,25-,32-,33-/m0/s1. The summed E-state index contributed by atoms with van der Waals surface area (Å²) in [7, 11) is 5.82. The number of ether oxygens (including phenoxy) is 3. The molecule has 5 rings (SSSR count). The van der Waals surface area contributed by atoms with Crippen LogP contribution in [0.1, 0.15) is 49.4 Å². The second-order valence-electron chi connectivity index (χ2n) is 13.7. The van der Waals surface area contributed by atoms with Crippen LogP contribution >= 0.6 is 0 Å². The molecule has 6 amide bonds. The van der Waals surface area contributed by atoms with E-state index in [9.17, 15) is 34.0 Å². The molecule has 3 aromatic rings. The first-order valence-electron chi connectivity index (χ1n) is 18.4. The summed E-state index contributed by atoms with van der Waals surface area (Å²) in [5, 5.41) is 23.0. The lowest BCUT2D eigenvalue weighted by molar-refractivity contribution is -0.142. The Bertz CT molecular complexity index is 2000. The maximum atomic E-state index is 13.8. The van der Waals surface area contributed by atoms with E-state index >= 15 is 0 Å². The highest BCUT2D eigenvalue weighted by Gasteiger charge is 2.33. The smallest absolute Gasteiger partial charge is 0.245 e. The molecule has 3 aromatic carbocycles. The van der Waals surface area contributed by atoms with Crippen LogP contribution in [0.2, 0.25) is 0 Å². The van der Waals surface area contributed by atoms with Crippen LogP contribution in [0.15, 0.2) is 60.7 Å². The van der Waals surface area contributed by atoms with Crippen LogP contribution in [0.25, 0.3) is 0 Å². The Balaban J connectivity index is 1.49. The van der Waals surface area contributed by atoms with Gasteiger partial charge in [0.25, 0.3) is 0 Å². The van der Waals surface area contributed by atoms with Gasteiger partial charge in [-0.2, -0.15) is 5.26 Å². The highest BCUT2D eigenvalue weighted by Crippen LogP contribution is 2.35. The topological polar surface area (TPSA) is 217 Å². The normalized spacial score (nSPS) is 15.7. The first kappa shape index (κ1) is 43.1. The van der Waals surface area contributed by atoms with E-state index < -0.39 is 65.7 Å². The van der Waals surface area contributed by atoms with Crippen molar-refractivity contribution in [1.29, 1.82) is 5.26 Å². The fraction of sp³-hybridized carbons (Fsp3) is 0.390. The van der Waals surface area contributed by atoms with Crippen LogP contribution < -0.4 is 40.8 Å². The van der Waals surface area contributed by atoms with Crippen LogP contribution in [0.4, 0.5) is 0 Å². The van der Waals surface area contributed by atoms with Crippen molar-refractivity contribution in [2.45, 2.75) is 76.7 Å². The quantitative estimate of drug-likeness (QED) is 0.169. The molecule has 0 aromatic heterocycles. The van der Waals surface area contributed by atoms with E-state index in [-0.39, 0.29) is 24.8 Å². The van der Waals surface area contributed by atoms with Gasteiger partial charge in [0, 0.05) is 39.4 Å². The summed E-state index contributed by atoms with van der Waals surface area (Å²) < 4.78 is 16.8. The molecule has 302 valence electrons. The summed E-state index contributed by atoms with van der Waals surface area (Å²) in [5.74, 6) is -1.77. The Morgan fingerprint density at radius 3 is 2.14 bits per heavy atom. The van der Waals surface area contributed by atoms with E-state index in [1.165, 1.54) is 60.1 Å². The molecule has 16 nitrogen and oxygen atoms in total. The van der Waals surface area contributed by atoms with Gasteiger partial charge < -0.3 is 45.7 Å². The van der Waals surface area contributed by atoms with Gasteiger partial charge in [0.05, 0.1) is 25.9 Å². The molecule has 0 radical (unpaired) electrons. The third kappa shape index (κ3) is 11.4. The maximum Gasteiger partial charge on any atom is 0.245 e. The third-order valence-electron chi connectivity index (χ3n) is 9.56. The van der Waals surface area contributed by atoms with Gasteiger partial charge in [0.1, 0.15) is 41.7 Å². The fourth-order valence-electron chi connectivity index (χ4n) is 6.14. The maximum absolute atomic E-state index is 13.8. The molecule has 16 heteroatoms. The summed E-state index contributed by atoms with van der Waals surface area (Å²) >= 11 is 0. The Kier molecular flexibility index (Phi) is 15.0. The number of nitrogens with zero attached hydrogens (tertiary/aromatic N) is 2. The zero-order valence-corrected chi connectivity index (χ0v) is 33.1. The molecule has 0 spiro atoms. The molecule has 0 saturated carbocycles. The van der Waals surface area contributed by atoms with Crippen molar-refractivity contribution >= 4 is 35.4 Å². The minimum atomic E-state index is -1.20. The summed E-state index contributed by atoms with van der Waals surface area (Å²) in [6, 6.07) is 13.8. The predicted molar refractivity (Wildman–Crippen MR) is 208 cm³/mol. The monoisotopic (exact) mass is 783 g/mol. The first-order chi connectivity index (χ1) is 27.2. The van der Waals surface area contributed by atoms with Gasteiger partial charge in [-0.05, 0) is 74.2 Å². The summed E-state index contributed by atoms with van der Waals surface area (Å²) in [6.45, 7) is 4.38. The number of aryl methyl sites for hydroxylation is 1. The molecule has 57 heavy (non-hydrogen) atoms. The molecule has 0 fully saturated rings. The van der Waals surface area contributed by atoms with Gasteiger partial charge in [-0.3, -0.25) is 28.8 Å². The summed E-state index contributed by atoms with van der Waals surface area (Å²) in [5.41, 5.74) is 2.16. The highest BCUT2D eigenvalue weighted by molar-refractivity contribution is 5.96. The molecule has 2 aliphatic rings. The second kappa shape index (κ2) is 19.8. The average Bonchev–Trinajstić information content (AvgIpc) is 3.21. The van der Waals surface area contributed by atoms with Crippen molar-refractivity contribution in [3.05, 3.63) is 82.9 Å². The van der Waals surface area contributed by atoms with Gasteiger partial charge in [-0.1, -0.05) is 24.3 Å². The van der Waals surface area contributed by atoms with Crippen molar-refractivity contribution in [3.8, 4) is 29.1 Å². The lowest BCUT2D eigenvalue weighted by Gasteiger charge is -2.31. The Hall–Kier alpha value is -6.63. The molecular formula is C41H49N7O9. The number of amides is 6. The van der Waals surface area contributed by atoms with Gasteiger partial charge in [0.15, 0.2) is 11.5 Å². The van der Waals surface area contributed by atoms with Gasteiger partial charge in [-0.25, -0.2) is 0 Å². The lowest BCUT2D eigenvalue weighted by Crippen LogP contribution is -2.58. The van der Waals surface area contributed by atoms with Crippen molar-refractivity contribution in [2.24, 2.45) is 0 Å². The molecule has 2 heterocycles. The van der Waals surface area contributed by atoms with E-state index in [1.807, 2.05) is 12.1 Å². The average molecular weight is 784 g/mol. The Morgan fingerprint density at radius 1 is 0.877 bits per heavy atom. The van der Waals surface area contributed by atoms with Crippen LogP contribution in [-0.2, 0) is 48.0 Å². The SMILES string of the molecule is CNC(=O)[C@H](C)NC(=O)[C@H](Cc1ccc(OC)cc1)N(C)C(=O)[C@H](C)NC(=O)[C@@H](C)NC(=O)[C@@H]1Cc2cc(c(OC)cc2C#N)Oc2ccc(cc2)CCC(=O)N1. The number of hydrogen-bond acceptors (Lipinski definition) is 10. The van der Waals surface area contributed by atoms with Crippen molar-refractivity contribution in [3.63, 3.8) is 0 Å². The minimum absolute atomic E-state index is 0.0638. The predicted octanol–water partition coefficient (Wildman–Crippen LogP) is 1.67. The second-order valence-corrected chi connectivity index (χ2v) is 13.7. The van der Waals surface area contributed by atoms with Gasteiger partial charge in [-0.15, -0.1) is 0 Å². The van der Waals surface area contributed by atoms with Crippen LogP contribution in [-0.4, -0.2) is 98.9 Å². The lowest BCUT2D eigenvalue weighted by atomic mass is 9.98. The van der Waals surface area contributed by atoms with Crippen LogP contribution in [0, 0.1) is 11.3 Å². The number of hydrogen-bond donors (Lipinski definition) is 5. The molecule has 5 N–H and O–H groups in total. The van der Waals surface area contributed by atoms with E-state index in [1.54, 1.807) is 42.5 Å². The molecule has 5 atom stereocenters. The number of fused-ring (bicyclic) bond motifs is 7. The number of carbonyl (C=O) groups excluding carboxylic acids is 6. The number of carbonyl (C=O) groups is 6.